The third kappa shape index (κ3) is 4.69. The highest BCUT2D eigenvalue weighted by Gasteiger charge is 2.29. The monoisotopic (exact) mass is 294 g/mol. The summed E-state index contributed by atoms with van der Waals surface area (Å²) in [5.74, 6) is -1.23. The molecule has 8 nitrogen and oxygen atoms in total. The van der Waals surface area contributed by atoms with E-state index in [1.165, 1.54) is 4.31 Å². The summed E-state index contributed by atoms with van der Waals surface area (Å²) in [5, 5.41) is 8.61. The lowest BCUT2D eigenvalue weighted by Crippen LogP contribution is -2.51. The molecule has 112 valence electrons. The van der Waals surface area contributed by atoms with Crippen molar-refractivity contribution in [3.8, 4) is 0 Å². The standard InChI is InChI=1S/C10H22N4O4S/c1-13(2)8-3-5-14(6-4-8)19(17,18)12-7-9(11)10(15)16/h8-9,12H,3-7,11H2,1-2H3,(H,15,16)/t9-/m0/s1. The Hall–Kier alpha value is -0.740. The van der Waals surface area contributed by atoms with Crippen LogP contribution >= 0.6 is 0 Å². The van der Waals surface area contributed by atoms with Gasteiger partial charge in [-0.15, -0.1) is 0 Å². The van der Waals surface area contributed by atoms with Gasteiger partial charge in [-0.05, 0) is 26.9 Å². The molecule has 0 saturated carbocycles. The molecule has 9 heteroatoms. The van der Waals surface area contributed by atoms with Crippen molar-refractivity contribution in [3.63, 3.8) is 0 Å². The first-order valence-corrected chi connectivity index (χ1v) is 7.57. The molecule has 1 rings (SSSR count). The quantitative estimate of drug-likeness (QED) is 0.535. The second kappa shape index (κ2) is 6.62. The van der Waals surface area contributed by atoms with Crippen LogP contribution in [-0.4, -0.2) is 74.5 Å². The van der Waals surface area contributed by atoms with Crippen LogP contribution in [0.4, 0.5) is 0 Å². The molecule has 0 unspecified atom stereocenters. The van der Waals surface area contributed by atoms with E-state index in [1.54, 1.807) is 0 Å². The summed E-state index contributed by atoms with van der Waals surface area (Å²) in [7, 11) is 0.303. The topological polar surface area (TPSA) is 116 Å². The van der Waals surface area contributed by atoms with E-state index in [0.717, 1.165) is 12.8 Å². The Morgan fingerprint density at radius 2 is 2.00 bits per heavy atom. The summed E-state index contributed by atoms with van der Waals surface area (Å²) < 4.78 is 27.5. The van der Waals surface area contributed by atoms with Gasteiger partial charge in [0, 0.05) is 25.7 Å². The highest BCUT2D eigenvalue weighted by molar-refractivity contribution is 7.87. The second-order valence-electron chi connectivity index (χ2n) is 4.89. The largest absolute Gasteiger partial charge is 0.480 e. The number of rotatable bonds is 6. The molecule has 0 amide bonds. The Balaban J connectivity index is 2.49. The minimum atomic E-state index is -3.64. The Morgan fingerprint density at radius 3 is 2.42 bits per heavy atom. The zero-order chi connectivity index (χ0) is 14.6. The SMILES string of the molecule is CN(C)C1CCN(S(=O)(=O)NC[C@H](N)C(=O)O)CC1. The molecule has 0 aromatic rings. The fraction of sp³-hybridized carbons (Fsp3) is 0.900. The van der Waals surface area contributed by atoms with Gasteiger partial charge in [-0.25, -0.2) is 0 Å². The van der Waals surface area contributed by atoms with Crippen LogP contribution in [0.15, 0.2) is 0 Å². The van der Waals surface area contributed by atoms with E-state index in [4.69, 9.17) is 10.8 Å². The Kier molecular flexibility index (Phi) is 5.68. The number of hydrogen-bond acceptors (Lipinski definition) is 5. The fourth-order valence-corrected chi connectivity index (χ4v) is 3.24. The van der Waals surface area contributed by atoms with Crippen LogP contribution in [0.25, 0.3) is 0 Å². The van der Waals surface area contributed by atoms with Crippen molar-refractivity contribution < 1.29 is 18.3 Å². The Morgan fingerprint density at radius 1 is 1.47 bits per heavy atom. The Labute approximate surface area is 113 Å². The van der Waals surface area contributed by atoms with E-state index >= 15 is 0 Å². The van der Waals surface area contributed by atoms with Crippen LogP contribution in [0.5, 0.6) is 0 Å². The number of nitrogens with zero attached hydrogens (tertiary/aromatic N) is 2. The summed E-state index contributed by atoms with van der Waals surface area (Å²) in [6.45, 7) is 0.562. The van der Waals surface area contributed by atoms with E-state index in [2.05, 4.69) is 9.62 Å². The minimum Gasteiger partial charge on any atom is -0.480 e. The maximum Gasteiger partial charge on any atom is 0.321 e. The summed E-state index contributed by atoms with van der Waals surface area (Å²) in [6, 6.07) is -0.846. The molecule has 0 radical (unpaired) electrons. The van der Waals surface area contributed by atoms with E-state index in [1.807, 2.05) is 14.1 Å². The third-order valence-electron chi connectivity index (χ3n) is 3.30. The molecule has 1 heterocycles. The van der Waals surface area contributed by atoms with Crippen LogP contribution in [0.3, 0.4) is 0 Å². The van der Waals surface area contributed by atoms with Gasteiger partial charge in [-0.3, -0.25) is 4.79 Å². The first-order valence-electron chi connectivity index (χ1n) is 6.13. The number of nitrogens with two attached hydrogens (primary N) is 1. The van der Waals surface area contributed by atoms with E-state index < -0.39 is 22.2 Å². The molecule has 1 fully saturated rings. The van der Waals surface area contributed by atoms with E-state index in [-0.39, 0.29) is 6.54 Å². The third-order valence-corrected chi connectivity index (χ3v) is 4.87. The lowest BCUT2D eigenvalue weighted by Gasteiger charge is -2.34. The number of nitrogens with one attached hydrogen (secondary N) is 1. The molecule has 0 spiro atoms. The van der Waals surface area contributed by atoms with Gasteiger partial charge in [0.05, 0.1) is 0 Å². The smallest absolute Gasteiger partial charge is 0.321 e. The van der Waals surface area contributed by atoms with Crippen molar-refractivity contribution in [2.45, 2.75) is 24.9 Å². The Bertz CT molecular complexity index is 404. The molecule has 1 aliphatic heterocycles. The first kappa shape index (κ1) is 16.3. The molecule has 4 N–H and O–H groups in total. The number of piperidine rings is 1. The summed E-state index contributed by atoms with van der Waals surface area (Å²) >= 11 is 0. The van der Waals surface area contributed by atoms with Crippen molar-refractivity contribution in [2.75, 3.05) is 33.7 Å². The molecule has 0 aliphatic carbocycles. The predicted molar refractivity (Wildman–Crippen MR) is 70.8 cm³/mol. The van der Waals surface area contributed by atoms with Crippen molar-refractivity contribution in [2.24, 2.45) is 5.73 Å². The molecular weight excluding hydrogens is 272 g/mol. The van der Waals surface area contributed by atoms with Gasteiger partial charge >= 0.3 is 5.97 Å². The highest BCUT2D eigenvalue weighted by Crippen LogP contribution is 2.16. The van der Waals surface area contributed by atoms with Gasteiger partial charge in [-0.2, -0.15) is 17.4 Å². The molecular formula is C10H22N4O4S. The van der Waals surface area contributed by atoms with Crippen LogP contribution < -0.4 is 10.5 Å². The van der Waals surface area contributed by atoms with E-state index in [9.17, 15) is 13.2 Å². The summed E-state index contributed by atoms with van der Waals surface area (Å²) in [5.41, 5.74) is 5.26. The van der Waals surface area contributed by atoms with Crippen molar-refractivity contribution in [1.29, 1.82) is 0 Å². The zero-order valence-electron chi connectivity index (χ0n) is 11.2. The number of aliphatic carboxylic acids is 1. The van der Waals surface area contributed by atoms with Crippen LogP contribution in [0, 0.1) is 0 Å². The first-order chi connectivity index (χ1) is 8.74. The number of carbonyl (C=O) groups is 1. The molecule has 1 aliphatic rings. The van der Waals surface area contributed by atoms with E-state index in [0.29, 0.717) is 19.1 Å². The highest BCUT2D eigenvalue weighted by atomic mass is 32.2. The second-order valence-corrected chi connectivity index (χ2v) is 6.65. The van der Waals surface area contributed by atoms with Crippen molar-refractivity contribution in [1.82, 2.24) is 13.9 Å². The summed E-state index contributed by atoms with van der Waals surface area (Å²) in [6.07, 6.45) is 1.53. The molecule has 0 bridgehead atoms. The molecule has 1 atom stereocenters. The number of carboxylic acid groups (broad SMARTS) is 1. The maximum absolute atomic E-state index is 11.9. The van der Waals surface area contributed by atoms with Crippen LogP contribution in [0.2, 0.25) is 0 Å². The normalized spacial score (nSPS) is 20.6. The lowest BCUT2D eigenvalue weighted by atomic mass is 10.1. The van der Waals surface area contributed by atoms with Gasteiger partial charge < -0.3 is 15.7 Å². The number of hydrogen-bond donors (Lipinski definition) is 3. The maximum atomic E-state index is 11.9. The lowest BCUT2D eigenvalue weighted by molar-refractivity contribution is -0.138. The van der Waals surface area contributed by atoms with Gasteiger partial charge in [-0.1, -0.05) is 0 Å². The zero-order valence-corrected chi connectivity index (χ0v) is 12.1. The van der Waals surface area contributed by atoms with Gasteiger partial charge in [0.2, 0.25) is 0 Å². The average molecular weight is 294 g/mol. The van der Waals surface area contributed by atoms with Crippen LogP contribution in [0.1, 0.15) is 12.8 Å². The fourth-order valence-electron chi connectivity index (χ4n) is 1.97. The molecule has 0 aromatic heterocycles. The number of carboxylic acids is 1. The van der Waals surface area contributed by atoms with Crippen molar-refractivity contribution >= 4 is 16.2 Å². The summed E-state index contributed by atoms with van der Waals surface area (Å²) in [4.78, 5) is 12.6. The average Bonchev–Trinajstić information content (AvgIpc) is 2.36. The van der Waals surface area contributed by atoms with Crippen molar-refractivity contribution in [3.05, 3.63) is 0 Å². The predicted octanol–water partition coefficient (Wildman–Crippen LogP) is -1.74. The van der Waals surface area contributed by atoms with Crippen LogP contribution in [-0.2, 0) is 15.0 Å². The van der Waals surface area contributed by atoms with Gasteiger partial charge in [0.15, 0.2) is 0 Å². The molecule has 19 heavy (non-hydrogen) atoms. The minimum absolute atomic E-state index is 0.300. The molecule has 1 saturated heterocycles. The van der Waals surface area contributed by atoms with Gasteiger partial charge in [0.25, 0.3) is 10.2 Å². The van der Waals surface area contributed by atoms with Gasteiger partial charge in [0.1, 0.15) is 6.04 Å². The molecule has 0 aromatic carbocycles.